The molecule has 5 heteroatoms. The zero-order valence-electron chi connectivity index (χ0n) is 16.6. The average molecular weight is 374 g/mol. The van der Waals surface area contributed by atoms with Gasteiger partial charge in [-0.3, -0.25) is 4.79 Å². The molecule has 1 heterocycles. The topological polar surface area (TPSA) is 66.9 Å². The first-order chi connectivity index (χ1) is 13.5. The van der Waals surface area contributed by atoms with Gasteiger partial charge >= 0.3 is 0 Å². The van der Waals surface area contributed by atoms with Gasteiger partial charge in [-0.15, -0.1) is 0 Å². The number of nitrogens with one attached hydrogen (secondary N) is 2. The number of amides is 1. The second kappa shape index (κ2) is 7.58. The van der Waals surface area contributed by atoms with Crippen LogP contribution in [0.25, 0.3) is 22.0 Å². The van der Waals surface area contributed by atoms with Crippen LogP contribution in [0.3, 0.4) is 0 Å². The minimum atomic E-state index is 0.137. The first-order valence-electron chi connectivity index (χ1n) is 9.95. The molecule has 0 unspecified atom stereocenters. The molecule has 0 bridgehead atoms. The van der Waals surface area contributed by atoms with Crippen LogP contribution in [0.5, 0.6) is 0 Å². The number of aryl methyl sites for hydroxylation is 1. The molecule has 4 rings (SSSR count). The lowest BCUT2D eigenvalue weighted by molar-refractivity contribution is -0.122. The van der Waals surface area contributed by atoms with E-state index in [2.05, 4.69) is 65.6 Å². The van der Waals surface area contributed by atoms with Gasteiger partial charge in [-0.25, -0.2) is 9.97 Å². The molecule has 0 radical (unpaired) electrons. The molecule has 0 atom stereocenters. The van der Waals surface area contributed by atoms with Crippen LogP contribution in [0.4, 0.5) is 11.6 Å². The number of hydrogen-bond donors (Lipinski definition) is 2. The van der Waals surface area contributed by atoms with Crippen LogP contribution in [-0.4, -0.2) is 21.9 Å². The van der Waals surface area contributed by atoms with Gasteiger partial charge in [-0.2, -0.15) is 0 Å². The summed E-state index contributed by atoms with van der Waals surface area (Å²) in [6.07, 6.45) is 5.02. The molecule has 1 aliphatic carbocycles. The second-order valence-electron chi connectivity index (χ2n) is 7.91. The summed E-state index contributed by atoms with van der Waals surface area (Å²) < 4.78 is 0. The Kier molecular flexibility index (Phi) is 4.99. The monoisotopic (exact) mass is 374 g/mol. The number of benzene rings is 2. The number of hydrogen-bond acceptors (Lipinski definition) is 4. The number of carbonyl (C=O) groups excluding carboxylic acids is 1. The minimum Gasteiger partial charge on any atom is -0.352 e. The average Bonchev–Trinajstić information content (AvgIpc) is 2.61. The van der Waals surface area contributed by atoms with Crippen molar-refractivity contribution in [2.45, 2.75) is 46.1 Å². The fourth-order valence-corrected chi connectivity index (χ4v) is 3.45. The summed E-state index contributed by atoms with van der Waals surface area (Å²) in [5.74, 6) is 0.960. The lowest BCUT2D eigenvalue weighted by Gasteiger charge is -2.24. The molecule has 0 aliphatic heterocycles. The molecule has 1 aliphatic rings. The summed E-state index contributed by atoms with van der Waals surface area (Å²) in [5.41, 5.74) is 5.13. The molecule has 0 spiro atoms. The molecule has 1 saturated carbocycles. The van der Waals surface area contributed by atoms with Crippen molar-refractivity contribution < 1.29 is 4.79 Å². The molecular weight excluding hydrogens is 348 g/mol. The largest absolute Gasteiger partial charge is 0.352 e. The van der Waals surface area contributed by atoms with Gasteiger partial charge in [0.1, 0.15) is 0 Å². The Morgan fingerprint density at radius 2 is 1.96 bits per heavy atom. The van der Waals surface area contributed by atoms with Crippen LogP contribution < -0.4 is 10.6 Å². The molecule has 144 valence electrons. The van der Waals surface area contributed by atoms with E-state index in [9.17, 15) is 4.79 Å². The first-order valence-corrected chi connectivity index (χ1v) is 9.95. The fourth-order valence-electron chi connectivity index (χ4n) is 3.45. The summed E-state index contributed by atoms with van der Waals surface area (Å²) in [6, 6.07) is 12.6. The highest BCUT2D eigenvalue weighted by Gasteiger charge is 2.25. The molecule has 2 aromatic carbocycles. The third-order valence-electron chi connectivity index (χ3n) is 5.29. The maximum atomic E-state index is 12.3. The maximum absolute atomic E-state index is 12.3. The van der Waals surface area contributed by atoms with E-state index in [-0.39, 0.29) is 17.9 Å². The molecule has 28 heavy (non-hydrogen) atoms. The van der Waals surface area contributed by atoms with Gasteiger partial charge in [0.15, 0.2) is 0 Å². The molecule has 0 saturated heterocycles. The van der Waals surface area contributed by atoms with Gasteiger partial charge in [0.2, 0.25) is 11.9 Å². The normalized spacial score (nSPS) is 14.1. The van der Waals surface area contributed by atoms with Crippen molar-refractivity contribution in [1.29, 1.82) is 0 Å². The molecule has 3 aromatic rings. The van der Waals surface area contributed by atoms with Gasteiger partial charge in [0.25, 0.3) is 0 Å². The third kappa shape index (κ3) is 3.84. The zero-order valence-corrected chi connectivity index (χ0v) is 16.6. The number of carbonyl (C=O) groups is 1. The Bertz CT molecular complexity index is 1020. The van der Waals surface area contributed by atoms with Crippen LogP contribution in [0.2, 0.25) is 0 Å². The Hall–Kier alpha value is -2.95. The third-order valence-corrected chi connectivity index (χ3v) is 5.29. The van der Waals surface area contributed by atoms with Crippen LogP contribution in [0.15, 0.2) is 42.6 Å². The van der Waals surface area contributed by atoms with Crippen molar-refractivity contribution in [3.8, 4) is 11.1 Å². The highest BCUT2D eigenvalue weighted by molar-refractivity contribution is 5.94. The Labute approximate surface area is 165 Å². The van der Waals surface area contributed by atoms with Gasteiger partial charge in [0.05, 0.1) is 5.52 Å². The number of rotatable bonds is 5. The van der Waals surface area contributed by atoms with Gasteiger partial charge in [0, 0.05) is 29.2 Å². The van der Waals surface area contributed by atoms with E-state index in [4.69, 9.17) is 0 Å². The molecule has 1 fully saturated rings. The summed E-state index contributed by atoms with van der Waals surface area (Å²) in [7, 11) is 0. The Balaban J connectivity index is 1.62. The van der Waals surface area contributed by atoms with Crippen molar-refractivity contribution in [1.82, 2.24) is 9.97 Å². The summed E-state index contributed by atoms with van der Waals surface area (Å²) in [4.78, 5) is 21.3. The standard InChI is InChI=1S/C23H26N4O/c1-14(2)25-23-24-13-18-11-17(8-10-21(18)27-23)20-12-19(9-7-15(20)3)26-22(28)16-5-4-6-16/h7-14,16H,4-6H2,1-3H3,(H,26,28)(H,24,25,27). The van der Waals surface area contributed by atoms with E-state index in [0.29, 0.717) is 5.95 Å². The quantitative estimate of drug-likeness (QED) is 0.647. The second-order valence-corrected chi connectivity index (χ2v) is 7.91. The van der Waals surface area contributed by atoms with Crippen molar-refractivity contribution in [2.24, 2.45) is 5.92 Å². The van der Waals surface area contributed by atoms with E-state index < -0.39 is 0 Å². The summed E-state index contributed by atoms with van der Waals surface area (Å²) in [6.45, 7) is 6.22. The smallest absolute Gasteiger partial charge is 0.227 e. The predicted molar refractivity (Wildman–Crippen MR) is 114 cm³/mol. The van der Waals surface area contributed by atoms with Gasteiger partial charge in [-0.05, 0) is 74.6 Å². The Morgan fingerprint density at radius 3 is 2.68 bits per heavy atom. The highest BCUT2D eigenvalue weighted by atomic mass is 16.1. The molecular formula is C23H26N4O. The van der Waals surface area contributed by atoms with E-state index in [1.54, 1.807) is 0 Å². The SMILES string of the molecule is Cc1ccc(NC(=O)C2CCC2)cc1-c1ccc2nc(NC(C)C)ncc2c1. The van der Waals surface area contributed by atoms with Gasteiger partial charge < -0.3 is 10.6 Å². The highest BCUT2D eigenvalue weighted by Crippen LogP contribution is 2.31. The first kappa shape index (κ1) is 18.4. The minimum absolute atomic E-state index is 0.137. The van der Waals surface area contributed by atoms with E-state index >= 15 is 0 Å². The molecule has 2 N–H and O–H groups in total. The fraction of sp³-hybridized carbons (Fsp3) is 0.348. The Morgan fingerprint density at radius 1 is 1.14 bits per heavy atom. The van der Waals surface area contributed by atoms with Crippen LogP contribution in [0, 0.1) is 12.8 Å². The molecule has 1 aromatic heterocycles. The van der Waals surface area contributed by atoms with Crippen molar-refractivity contribution in [2.75, 3.05) is 10.6 Å². The maximum Gasteiger partial charge on any atom is 0.227 e. The number of nitrogens with zero attached hydrogens (tertiary/aromatic N) is 2. The van der Waals surface area contributed by atoms with E-state index in [1.165, 1.54) is 5.56 Å². The summed E-state index contributed by atoms with van der Waals surface area (Å²) in [5, 5.41) is 7.30. The lowest BCUT2D eigenvalue weighted by Crippen LogP contribution is -2.28. The summed E-state index contributed by atoms with van der Waals surface area (Å²) >= 11 is 0. The van der Waals surface area contributed by atoms with Crippen LogP contribution in [0.1, 0.15) is 38.7 Å². The van der Waals surface area contributed by atoms with Crippen LogP contribution >= 0.6 is 0 Å². The van der Waals surface area contributed by atoms with E-state index in [0.717, 1.165) is 47.0 Å². The predicted octanol–water partition coefficient (Wildman–Crippen LogP) is 5.16. The van der Waals surface area contributed by atoms with Crippen LogP contribution in [-0.2, 0) is 4.79 Å². The molecule has 5 nitrogen and oxygen atoms in total. The number of aromatic nitrogens is 2. The molecule has 1 amide bonds. The number of anilines is 2. The van der Waals surface area contributed by atoms with Crippen molar-refractivity contribution in [3.63, 3.8) is 0 Å². The zero-order chi connectivity index (χ0) is 19.7. The van der Waals surface area contributed by atoms with Crippen molar-refractivity contribution in [3.05, 3.63) is 48.2 Å². The van der Waals surface area contributed by atoms with Gasteiger partial charge in [-0.1, -0.05) is 18.6 Å². The lowest BCUT2D eigenvalue weighted by atomic mass is 9.85. The van der Waals surface area contributed by atoms with Crippen molar-refractivity contribution >= 4 is 28.4 Å². The number of fused-ring (bicyclic) bond motifs is 1. The van der Waals surface area contributed by atoms with E-state index in [1.807, 2.05) is 18.3 Å².